The molecule has 0 unspecified atom stereocenters. The number of nitrogens with zero attached hydrogens (tertiary/aromatic N) is 1. The SMILES string of the molecule is Cc1ccccc1N1C(=O)/C(=C\c2ccc(-c3ccc(C(=O)[O-])c(Cl)c3)o2)C(=O)NC1=S. The van der Waals surface area contributed by atoms with Crippen LogP contribution in [0.2, 0.25) is 5.02 Å². The highest BCUT2D eigenvalue weighted by Gasteiger charge is 2.35. The van der Waals surface area contributed by atoms with Gasteiger partial charge in [-0.3, -0.25) is 19.8 Å². The lowest BCUT2D eigenvalue weighted by molar-refractivity contribution is -0.255. The molecule has 0 atom stereocenters. The number of carboxylic acid groups (broad SMARTS) is 1. The molecular formula is C23H14ClN2O5S-. The van der Waals surface area contributed by atoms with Crippen molar-refractivity contribution in [3.8, 4) is 11.3 Å². The largest absolute Gasteiger partial charge is 0.545 e. The molecule has 7 nitrogen and oxygen atoms in total. The van der Waals surface area contributed by atoms with Gasteiger partial charge in [0.1, 0.15) is 17.1 Å². The van der Waals surface area contributed by atoms with Crippen LogP contribution in [0, 0.1) is 6.92 Å². The minimum Gasteiger partial charge on any atom is -0.545 e. The van der Waals surface area contributed by atoms with Gasteiger partial charge in [-0.05, 0) is 55.0 Å². The first-order valence-corrected chi connectivity index (χ1v) is 10.1. The van der Waals surface area contributed by atoms with E-state index < -0.39 is 17.8 Å². The standard InChI is InChI=1S/C23H15ClN2O5S/c1-12-4-2-3-5-18(12)26-21(28)16(20(27)25-23(26)32)11-14-7-9-19(31-14)13-6-8-15(22(29)30)17(24)10-13/h2-11H,1H3,(H,29,30)(H,25,27,32)/p-1/b16-11-. The number of carbonyl (C=O) groups excluding carboxylic acids is 3. The second-order valence-corrected chi connectivity index (χ2v) is 7.72. The van der Waals surface area contributed by atoms with E-state index in [4.69, 9.17) is 28.2 Å². The Morgan fingerprint density at radius 1 is 1.16 bits per heavy atom. The van der Waals surface area contributed by atoms with E-state index in [2.05, 4.69) is 5.32 Å². The Hall–Kier alpha value is -3.75. The molecule has 4 rings (SSSR count). The summed E-state index contributed by atoms with van der Waals surface area (Å²) >= 11 is 11.2. The zero-order valence-corrected chi connectivity index (χ0v) is 18.1. The lowest BCUT2D eigenvalue weighted by atomic mass is 10.1. The molecule has 2 amide bonds. The van der Waals surface area contributed by atoms with E-state index in [9.17, 15) is 19.5 Å². The van der Waals surface area contributed by atoms with E-state index >= 15 is 0 Å². The number of carboxylic acids is 1. The van der Waals surface area contributed by atoms with Crippen LogP contribution in [0.25, 0.3) is 17.4 Å². The van der Waals surface area contributed by atoms with Crippen molar-refractivity contribution in [1.29, 1.82) is 0 Å². The number of hydrogen-bond acceptors (Lipinski definition) is 6. The third-order valence-electron chi connectivity index (χ3n) is 4.84. The van der Waals surface area contributed by atoms with Crippen molar-refractivity contribution in [3.63, 3.8) is 0 Å². The number of rotatable bonds is 4. The topological polar surface area (TPSA) is 103 Å². The Balaban J connectivity index is 1.67. The molecule has 0 aliphatic carbocycles. The van der Waals surface area contributed by atoms with Gasteiger partial charge in [0, 0.05) is 11.1 Å². The van der Waals surface area contributed by atoms with Crippen molar-refractivity contribution < 1.29 is 23.9 Å². The Kier molecular flexibility index (Phi) is 5.65. The summed E-state index contributed by atoms with van der Waals surface area (Å²) in [6.45, 7) is 1.83. The molecule has 2 aromatic carbocycles. The van der Waals surface area contributed by atoms with Crippen molar-refractivity contribution in [2.24, 2.45) is 0 Å². The third-order valence-corrected chi connectivity index (χ3v) is 5.44. The summed E-state index contributed by atoms with van der Waals surface area (Å²) in [5, 5.41) is 13.5. The third kappa shape index (κ3) is 3.93. The Morgan fingerprint density at radius 3 is 2.59 bits per heavy atom. The van der Waals surface area contributed by atoms with Crippen molar-refractivity contribution in [2.45, 2.75) is 6.92 Å². The number of hydrogen-bond donors (Lipinski definition) is 1. The van der Waals surface area contributed by atoms with Gasteiger partial charge in [0.2, 0.25) is 0 Å². The fourth-order valence-electron chi connectivity index (χ4n) is 3.25. The van der Waals surface area contributed by atoms with E-state index in [1.54, 1.807) is 24.3 Å². The summed E-state index contributed by atoms with van der Waals surface area (Å²) in [6.07, 6.45) is 1.32. The Bertz CT molecular complexity index is 1330. The predicted molar refractivity (Wildman–Crippen MR) is 121 cm³/mol. The Morgan fingerprint density at radius 2 is 1.91 bits per heavy atom. The number of anilines is 1. The van der Waals surface area contributed by atoms with E-state index in [-0.39, 0.29) is 27.0 Å². The molecule has 1 saturated heterocycles. The van der Waals surface area contributed by atoms with E-state index in [0.717, 1.165) is 5.56 Å². The molecule has 1 N–H and O–H groups in total. The first-order chi connectivity index (χ1) is 15.3. The molecule has 1 aromatic heterocycles. The summed E-state index contributed by atoms with van der Waals surface area (Å²) in [7, 11) is 0. The van der Waals surface area contributed by atoms with E-state index in [1.807, 2.05) is 19.1 Å². The molecule has 0 radical (unpaired) electrons. The first-order valence-electron chi connectivity index (χ1n) is 9.34. The second kappa shape index (κ2) is 8.41. The highest BCUT2D eigenvalue weighted by Crippen LogP contribution is 2.29. The van der Waals surface area contributed by atoms with E-state index in [0.29, 0.717) is 17.0 Å². The number of benzene rings is 2. The average Bonchev–Trinajstić information content (AvgIpc) is 3.21. The van der Waals surface area contributed by atoms with Gasteiger partial charge >= 0.3 is 0 Å². The Labute approximate surface area is 192 Å². The van der Waals surface area contributed by atoms with Crippen LogP contribution >= 0.6 is 23.8 Å². The summed E-state index contributed by atoms with van der Waals surface area (Å²) in [5.41, 5.74) is 1.62. The molecule has 0 bridgehead atoms. The number of carbonyl (C=O) groups is 3. The maximum Gasteiger partial charge on any atom is 0.270 e. The smallest absolute Gasteiger partial charge is 0.270 e. The number of furan rings is 1. The number of aromatic carboxylic acids is 1. The van der Waals surface area contributed by atoms with Gasteiger partial charge in [0.05, 0.1) is 16.7 Å². The number of amides is 2. The predicted octanol–water partition coefficient (Wildman–Crippen LogP) is 3.10. The van der Waals surface area contributed by atoms with Crippen LogP contribution in [-0.4, -0.2) is 22.9 Å². The number of halogens is 1. The number of aryl methyl sites for hydroxylation is 1. The molecule has 0 spiro atoms. The fraction of sp³-hybridized carbons (Fsp3) is 0.0435. The van der Waals surface area contributed by atoms with Crippen molar-refractivity contribution in [1.82, 2.24) is 5.32 Å². The van der Waals surface area contributed by atoms with Crippen molar-refractivity contribution in [3.05, 3.63) is 82.1 Å². The molecule has 1 aliphatic rings. The first kappa shape index (κ1) is 21.5. The van der Waals surface area contributed by atoms with Gasteiger partial charge in [-0.1, -0.05) is 41.9 Å². The zero-order valence-electron chi connectivity index (χ0n) is 16.5. The summed E-state index contributed by atoms with van der Waals surface area (Å²) in [6, 6.07) is 14.6. The van der Waals surface area contributed by atoms with Gasteiger partial charge in [-0.15, -0.1) is 0 Å². The van der Waals surface area contributed by atoms with Crippen LogP contribution in [0.5, 0.6) is 0 Å². The molecule has 2 heterocycles. The minimum absolute atomic E-state index is 0.00280. The van der Waals surface area contributed by atoms with Crippen LogP contribution < -0.4 is 15.3 Å². The molecule has 160 valence electrons. The van der Waals surface area contributed by atoms with Gasteiger partial charge in [-0.2, -0.15) is 0 Å². The van der Waals surface area contributed by atoms with Crippen LogP contribution in [0.1, 0.15) is 21.7 Å². The maximum atomic E-state index is 13.1. The van der Waals surface area contributed by atoms with Crippen LogP contribution in [0.3, 0.4) is 0 Å². The normalized spacial score (nSPS) is 15.2. The van der Waals surface area contributed by atoms with Crippen LogP contribution in [0.4, 0.5) is 5.69 Å². The van der Waals surface area contributed by atoms with Gasteiger partial charge in [-0.25, -0.2) is 0 Å². The van der Waals surface area contributed by atoms with Crippen LogP contribution in [-0.2, 0) is 9.59 Å². The maximum absolute atomic E-state index is 13.1. The quantitative estimate of drug-likeness (QED) is 0.361. The van der Waals surface area contributed by atoms with Gasteiger partial charge in [0.15, 0.2) is 5.11 Å². The summed E-state index contributed by atoms with van der Waals surface area (Å²) in [4.78, 5) is 37.9. The zero-order chi connectivity index (χ0) is 23.0. The molecule has 9 heteroatoms. The lowest BCUT2D eigenvalue weighted by Gasteiger charge is -2.29. The van der Waals surface area contributed by atoms with Gasteiger partial charge in [0.25, 0.3) is 11.8 Å². The molecule has 1 aliphatic heterocycles. The highest BCUT2D eigenvalue weighted by atomic mass is 35.5. The van der Waals surface area contributed by atoms with Crippen LogP contribution in [0.15, 0.2) is 64.6 Å². The molecule has 0 saturated carbocycles. The van der Waals surface area contributed by atoms with Gasteiger partial charge < -0.3 is 14.3 Å². The minimum atomic E-state index is -1.38. The number of thiocarbonyl (C=S) groups is 1. The summed E-state index contributed by atoms with van der Waals surface area (Å²) in [5.74, 6) is -1.98. The number of nitrogens with one attached hydrogen (secondary N) is 1. The monoisotopic (exact) mass is 465 g/mol. The fourth-order valence-corrected chi connectivity index (χ4v) is 3.78. The van der Waals surface area contributed by atoms with E-state index in [1.165, 1.54) is 29.2 Å². The molecular weight excluding hydrogens is 452 g/mol. The second-order valence-electron chi connectivity index (χ2n) is 6.93. The number of para-hydroxylation sites is 1. The van der Waals surface area contributed by atoms with Crippen molar-refractivity contribution in [2.75, 3.05) is 4.90 Å². The average molecular weight is 466 g/mol. The highest BCUT2D eigenvalue weighted by molar-refractivity contribution is 7.80. The van der Waals surface area contributed by atoms with Crippen molar-refractivity contribution >= 4 is 58.5 Å². The molecule has 3 aromatic rings. The molecule has 32 heavy (non-hydrogen) atoms. The summed E-state index contributed by atoms with van der Waals surface area (Å²) < 4.78 is 5.73. The lowest BCUT2D eigenvalue weighted by Crippen LogP contribution is -2.54. The molecule has 1 fully saturated rings.